The predicted molar refractivity (Wildman–Crippen MR) is 76.4 cm³/mol. The summed E-state index contributed by atoms with van der Waals surface area (Å²) in [6, 6.07) is 1.35. The van der Waals surface area contributed by atoms with Crippen LogP contribution in [0.25, 0.3) is 11.6 Å². The zero-order valence-corrected chi connectivity index (χ0v) is 12.1. The highest BCUT2D eigenvalue weighted by molar-refractivity contribution is 7.13. The van der Waals surface area contributed by atoms with Crippen LogP contribution in [0.4, 0.5) is 5.13 Å². The lowest BCUT2D eigenvalue weighted by atomic mass is 9.90. The van der Waals surface area contributed by atoms with E-state index in [-0.39, 0.29) is 0 Å². The first-order valence-electron chi connectivity index (χ1n) is 6.97. The third-order valence-electron chi connectivity index (χ3n) is 4.65. The van der Waals surface area contributed by atoms with Crippen molar-refractivity contribution in [1.29, 1.82) is 0 Å². The van der Waals surface area contributed by atoms with Crippen molar-refractivity contribution >= 4 is 16.5 Å². The summed E-state index contributed by atoms with van der Waals surface area (Å²) in [6.07, 6.45) is 4.85. The quantitative estimate of drug-likeness (QED) is 0.912. The van der Waals surface area contributed by atoms with Crippen LogP contribution in [0.15, 0.2) is 9.90 Å². The largest absolute Gasteiger partial charge is 0.375 e. The molecule has 0 saturated carbocycles. The minimum absolute atomic E-state index is 0.414. The van der Waals surface area contributed by atoms with Crippen LogP contribution in [0, 0.1) is 0 Å². The number of fused-ring (bicyclic) bond motifs is 2. The minimum atomic E-state index is 0.414. The Hall–Kier alpha value is -1.47. The van der Waals surface area contributed by atoms with E-state index < -0.39 is 0 Å². The van der Waals surface area contributed by atoms with Gasteiger partial charge in [0, 0.05) is 23.4 Å². The molecule has 2 N–H and O–H groups in total. The molecule has 2 bridgehead atoms. The highest BCUT2D eigenvalue weighted by Gasteiger charge is 2.40. The Morgan fingerprint density at radius 3 is 2.70 bits per heavy atom. The number of nitrogens with zero attached hydrogens (tertiary/aromatic N) is 4. The summed E-state index contributed by atoms with van der Waals surface area (Å²) in [5.41, 5.74) is 6.32. The number of piperidine rings is 1. The molecule has 4 heterocycles. The number of rotatable bonds is 2. The van der Waals surface area contributed by atoms with Crippen molar-refractivity contribution in [3.8, 4) is 11.6 Å². The molecule has 20 heavy (non-hydrogen) atoms. The molecule has 0 aromatic carbocycles. The molecule has 0 radical (unpaired) electrons. The van der Waals surface area contributed by atoms with Crippen LogP contribution >= 0.6 is 11.3 Å². The van der Waals surface area contributed by atoms with E-state index in [1.807, 2.05) is 5.38 Å². The molecule has 2 fully saturated rings. The second-order valence-corrected chi connectivity index (χ2v) is 6.64. The highest BCUT2D eigenvalue weighted by Crippen LogP contribution is 2.41. The predicted octanol–water partition coefficient (Wildman–Crippen LogP) is 2.12. The molecular weight excluding hydrogens is 274 g/mol. The number of aromatic nitrogens is 3. The van der Waals surface area contributed by atoms with Gasteiger partial charge in [-0.3, -0.25) is 0 Å². The van der Waals surface area contributed by atoms with E-state index in [0.29, 0.717) is 34.7 Å². The Balaban J connectivity index is 1.57. The van der Waals surface area contributed by atoms with Crippen molar-refractivity contribution in [3.63, 3.8) is 0 Å². The van der Waals surface area contributed by atoms with E-state index >= 15 is 0 Å². The van der Waals surface area contributed by atoms with Crippen LogP contribution in [0.5, 0.6) is 0 Å². The number of hydrogen-bond donors (Lipinski definition) is 1. The molecule has 7 heteroatoms. The van der Waals surface area contributed by atoms with Gasteiger partial charge in [0.25, 0.3) is 5.89 Å². The average Bonchev–Trinajstić information content (AvgIpc) is 3.10. The summed E-state index contributed by atoms with van der Waals surface area (Å²) in [6.45, 7) is 0. The smallest absolute Gasteiger partial charge is 0.277 e. The van der Waals surface area contributed by atoms with Gasteiger partial charge in [0.05, 0.1) is 0 Å². The molecule has 2 unspecified atom stereocenters. The highest BCUT2D eigenvalue weighted by atomic mass is 32.1. The Morgan fingerprint density at radius 2 is 2.05 bits per heavy atom. The molecule has 2 aromatic heterocycles. The van der Waals surface area contributed by atoms with Gasteiger partial charge in [0.2, 0.25) is 0 Å². The molecule has 2 saturated heterocycles. The first kappa shape index (κ1) is 12.3. The Bertz CT molecular complexity index is 610. The van der Waals surface area contributed by atoms with Gasteiger partial charge in [-0.05, 0) is 32.7 Å². The lowest BCUT2D eigenvalue weighted by Crippen LogP contribution is -2.39. The Kier molecular flexibility index (Phi) is 2.78. The van der Waals surface area contributed by atoms with Gasteiger partial charge in [-0.15, -0.1) is 11.3 Å². The molecule has 2 aliphatic rings. The van der Waals surface area contributed by atoms with E-state index in [1.54, 1.807) is 0 Å². The Morgan fingerprint density at radius 1 is 1.30 bits per heavy atom. The number of thiazole rings is 1. The van der Waals surface area contributed by atoms with Gasteiger partial charge in [0.15, 0.2) is 11.0 Å². The summed E-state index contributed by atoms with van der Waals surface area (Å²) in [7, 11) is 2.23. The molecule has 4 rings (SSSR count). The molecule has 6 nitrogen and oxygen atoms in total. The van der Waals surface area contributed by atoms with Gasteiger partial charge in [-0.1, -0.05) is 5.16 Å². The Labute approximate surface area is 121 Å². The minimum Gasteiger partial charge on any atom is -0.375 e. The van der Waals surface area contributed by atoms with Crippen LogP contribution in [0.3, 0.4) is 0 Å². The molecule has 106 valence electrons. The normalized spacial score (nSPS) is 29.9. The lowest BCUT2D eigenvalue weighted by Gasteiger charge is -2.34. The van der Waals surface area contributed by atoms with Gasteiger partial charge < -0.3 is 15.2 Å². The van der Waals surface area contributed by atoms with Crippen LogP contribution in [0.2, 0.25) is 0 Å². The third-order valence-corrected chi connectivity index (χ3v) is 5.32. The van der Waals surface area contributed by atoms with Gasteiger partial charge in [0.1, 0.15) is 5.69 Å². The van der Waals surface area contributed by atoms with Crippen molar-refractivity contribution < 1.29 is 4.52 Å². The molecule has 2 atom stereocenters. The fourth-order valence-corrected chi connectivity index (χ4v) is 4.05. The van der Waals surface area contributed by atoms with E-state index in [1.165, 1.54) is 24.2 Å². The maximum Gasteiger partial charge on any atom is 0.277 e. The third kappa shape index (κ3) is 1.92. The number of hydrogen-bond acceptors (Lipinski definition) is 7. The fraction of sp³-hybridized carbons (Fsp3) is 0.615. The standard InChI is InChI=1S/C13H17N5OS/c1-18-8-2-3-9(18)5-7(4-8)11-16-12(19-17-11)10-6-20-13(14)15-10/h6-9H,2-5H2,1H3,(H2,14,15). The summed E-state index contributed by atoms with van der Waals surface area (Å²) in [4.78, 5) is 11.2. The van der Waals surface area contributed by atoms with Crippen molar-refractivity contribution in [3.05, 3.63) is 11.2 Å². The first-order chi connectivity index (χ1) is 9.70. The molecule has 0 amide bonds. The maximum absolute atomic E-state index is 5.64. The summed E-state index contributed by atoms with van der Waals surface area (Å²) < 4.78 is 5.35. The van der Waals surface area contributed by atoms with Crippen molar-refractivity contribution in [1.82, 2.24) is 20.0 Å². The number of nitrogens with two attached hydrogens (primary N) is 1. The van der Waals surface area contributed by atoms with E-state index in [0.717, 1.165) is 18.7 Å². The van der Waals surface area contributed by atoms with E-state index in [4.69, 9.17) is 10.3 Å². The van der Waals surface area contributed by atoms with E-state index in [2.05, 4.69) is 27.1 Å². The number of anilines is 1. The van der Waals surface area contributed by atoms with Crippen LogP contribution in [0.1, 0.15) is 37.4 Å². The number of nitrogen functional groups attached to an aromatic ring is 1. The molecular formula is C13H17N5OS. The van der Waals surface area contributed by atoms with Gasteiger partial charge in [-0.2, -0.15) is 4.98 Å². The topological polar surface area (TPSA) is 81.1 Å². The second-order valence-electron chi connectivity index (χ2n) is 5.75. The molecule has 2 aliphatic heterocycles. The summed E-state index contributed by atoms with van der Waals surface area (Å²) in [5.74, 6) is 1.73. The van der Waals surface area contributed by atoms with Crippen LogP contribution in [-0.4, -0.2) is 39.2 Å². The SMILES string of the molecule is CN1C2CCC1CC(c1noc(-c3csc(N)n3)n1)C2. The zero-order valence-electron chi connectivity index (χ0n) is 11.3. The van der Waals surface area contributed by atoms with Gasteiger partial charge in [-0.25, -0.2) is 4.98 Å². The molecule has 0 spiro atoms. The molecule has 2 aromatic rings. The first-order valence-corrected chi connectivity index (χ1v) is 7.85. The molecule has 0 aliphatic carbocycles. The van der Waals surface area contributed by atoms with Gasteiger partial charge >= 0.3 is 0 Å². The summed E-state index contributed by atoms with van der Waals surface area (Å²) >= 11 is 1.39. The second kappa shape index (κ2) is 4.53. The van der Waals surface area contributed by atoms with Crippen molar-refractivity contribution in [2.45, 2.75) is 43.7 Å². The monoisotopic (exact) mass is 291 g/mol. The zero-order chi connectivity index (χ0) is 13.7. The van der Waals surface area contributed by atoms with E-state index in [9.17, 15) is 0 Å². The maximum atomic E-state index is 5.64. The lowest BCUT2D eigenvalue weighted by molar-refractivity contribution is 0.157. The fourth-order valence-electron chi connectivity index (χ4n) is 3.51. The van der Waals surface area contributed by atoms with Crippen molar-refractivity contribution in [2.75, 3.05) is 12.8 Å². The van der Waals surface area contributed by atoms with Crippen LogP contribution < -0.4 is 5.73 Å². The van der Waals surface area contributed by atoms with Crippen LogP contribution in [-0.2, 0) is 0 Å². The summed E-state index contributed by atoms with van der Waals surface area (Å²) in [5, 5.41) is 6.54. The average molecular weight is 291 g/mol. The van der Waals surface area contributed by atoms with Crippen molar-refractivity contribution in [2.24, 2.45) is 0 Å².